The van der Waals surface area contributed by atoms with Crippen LogP contribution in [-0.2, 0) is 0 Å². The van der Waals surface area contributed by atoms with Crippen molar-refractivity contribution in [3.63, 3.8) is 0 Å². The number of allylic oxidation sites excluding steroid dienone is 3. The van der Waals surface area contributed by atoms with E-state index in [1.807, 2.05) is 12.2 Å². The molecule has 0 radical (unpaired) electrons. The molecule has 11 heavy (non-hydrogen) atoms. The van der Waals surface area contributed by atoms with Crippen LogP contribution in [0.25, 0.3) is 0 Å². The number of hydrogen-bond acceptors (Lipinski definition) is 1. The van der Waals surface area contributed by atoms with Gasteiger partial charge in [0, 0.05) is 0 Å². The predicted molar refractivity (Wildman–Crippen MR) is 54.2 cm³/mol. The van der Waals surface area contributed by atoms with Gasteiger partial charge in [0.1, 0.15) is 0 Å². The van der Waals surface area contributed by atoms with E-state index in [1.165, 1.54) is 0 Å². The molecule has 0 aromatic carbocycles. The molecule has 0 aromatic heterocycles. The van der Waals surface area contributed by atoms with Crippen molar-refractivity contribution in [3.8, 4) is 0 Å². The monoisotopic (exact) mass is 151 g/mol. The van der Waals surface area contributed by atoms with Gasteiger partial charge in [0.2, 0.25) is 7.41 Å². The first-order valence-electron chi connectivity index (χ1n) is 4.09. The van der Waals surface area contributed by atoms with Gasteiger partial charge >= 0.3 is 0 Å². The second-order valence-electron chi connectivity index (χ2n) is 3.27. The molecule has 0 aliphatic heterocycles. The Morgan fingerprint density at radius 3 is 2.64 bits per heavy atom. The van der Waals surface area contributed by atoms with Crippen LogP contribution in [0, 0.1) is 0 Å². The van der Waals surface area contributed by atoms with Gasteiger partial charge in [-0.2, -0.15) is 0 Å². The highest BCUT2D eigenvalue weighted by Gasteiger charge is 2.02. The van der Waals surface area contributed by atoms with E-state index in [4.69, 9.17) is 0 Å². The first kappa shape index (κ1) is 10.5. The van der Waals surface area contributed by atoms with Gasteiger partial charge in [-0.1, -0.05) is 37.5 Å². The number of nitrogens with zero attached hydrogens (tertiary/aromatic N) is 1. The molecule has 0 N–H and O–H groups in total. The zero-order valence-corrected chi connectivity index (χ0v) is 7.88. The Labute approximate surface area is 71.0 Å². The molecule has 0 rings (SSSR count). The molecule has 0 aromatic rings. The number of rotatable bonds is 5. The molecule has 0 aliphatic rings. The van der Waals surface area contributed by atoms with E-state index in [1.54, 1.807) is 0 Å². The van der Waals surface area contributed by atoms with E-state index >= 15 is 0 Å². The molecule has 0 fully saturated rings. The third kappa shape index (κ3) is 7.40. The zero-order valence-electron chi connectivity index (χ0n) is 7.88. The Kier molecular flexibility index (Phi) is 5.95. The van der Waals surface area contributed by atoms with E-state index in [-0.39, 0.29) is 0 Å². The van der Waals surface area contributed by atoms with Gasteiger partial charge in [-0.05, 0) is 20.5 Å². The molecule has 62 valence electrons. The van der Waals surface area contributed by atoms with Crippen molar-refractivity contribution in [3.05, 3.63) is 24.8 Å². The van der Waals surface area contributed by atoms with Crippen molar-refractivity contribution in [2.24, 2.45) is 0 Å². The van der Waals surface area contributed by atoms with E-state index in [2.05, 4.69) is 38.5 Å². The average Bonchev–Trinajstić information content (AvgIpc) is 1.86. The maximum Gasteiger partial charge on any atom is 0.206 e. The summed E-state index contributed by atoms with van der Waals surface area (Å²) < 4.78 is 0. The van der Waals surface area contributed by atoms with Crippen LogP contribution >= 0.6 is 0 Å². The summed E-state index contributed by atoms with van der Waals surface area (Å²) >= 11 is 0. The van der Waals surface area contributed by atoms with Crippen molar-refractivity contribution in [1.82, 2.24) is 4.81 Å². The molecule has 1 atom stereocenters. The first-order valence-corrected chi connectivity index (χ1v) is 4.09. The van der Waals surface area contributed by atoms with Gasteiger partial charge in [0.05, 0.1) is 0 Å². The first-order chi connectivity index (χ1) is 5.16. The summed E-state index contributed by atoms with van der Waals surface area (Å²) in [6, 6.07) is 0. The van der Waals surface area contributed by atoms with Gasteiger partial charge in [-0.25, -0.2) is 0 Å². The quantitative estimate of drug-likeness (QED) is 0.428. The van der Waals surface area contributed by atoms with E-state index in [0.717, 1.165) is 19.7 Å². The fraction of sp³-hybridized carbons (Fsp3) is 0.556. The van der Waals surface area contributed by atoms with Crippen LogP contribution in [-0.4, -0.2) is 26.3 Å². The predicted octanol–water partition coefficient (Wildman–Crippen LogP) is 1.84. The minimum atomic E-state index is 0.737. The van der Waals surface area contributed by atoms with E-state index < -0.39 is 0 Å². The summed E-state index contributed by atoms with van der Waals surface area (Å²) in [5.74, 6) is 0.737. The molecule has 0 amide bonds. The minimum Gasteiger partial charge on any atom is -0.350 e. The molecule has 0 saturated carbocycles. The molecule has 2 heteroatoms. The van der Waals surface area contributed by atoms with Gasteiger partial charge < -0.3 is 4.81 Å². The molecule has 0 aliphatic carbocycles. The van der Waals surface area contributed by atoms with E-state index in [9.17, 15) is 0 Å². The summed E-state index contributed by atoms with van der Waals surface area (Å²) in [5, 5.41) is 0. The van der Waals surface area contributed by atoms with E-state index in [0.29, 0.717) is 0 Å². The smallest absolute Gasteiger partial charge is 0.206 e. The summed E-state index contributed by atoms with van der Waals surface area (Å²) in [5.41, 5.74) is 0. The highest BCUT2D eigenvalue weighted by molar-refractivity contribution is 6.33. The second kappa shape index (κ2) is 6.23. The lowest BCUT2D eigenvalue weighted by atomic mass is 9.73. The average molecular weight is 151 g/mol. The number of hydrogen-bond donors (Lipinski definition) is 0. The van der Waals surface area contributed by atoms with Gasteiger partial charge in [0.15, 0.2) is 0 Å². The molecule has 0 heterocycles. The Morgan fingerprint density at radius 1 is 1.55 bits per heavy atom. The topological polar surface area (TPSA) is 3.24 Å². The lowest BCUT2D eigenvalue weighted by Gasteiger charge is -2.12. The van der Waals surface area contributed by atoms with Crippen molar-refractivity contribution >= 4 is 7.41 Å². The molecule has 0 bridgehead atoms. The maximum absolute atomic E-state index is 3.62. The fourth-order valence-electron chi connectivity index (χ4n) is 1.10. The Morgan fingerprint density at radius 2 is 2.18 bits per heavy atom. The zero-order chi connectivity index (χ0) is 8.69. The molecule has 1 unspecified atom stereocenters. The van der Waals surface area contributed by atoms with Crippen LogP contribution in [0.4, 0.5) is 0 Å². The maximum atomic E-state index is 3.62. The third-order valence-corrected chi connectivity index (χ3v) is 1.49. The fourth-order valence-corrected chi connectivity index (χ4v) is 1.10. The Hall–Kier alpha value is -0.495. The van der Waals surface area contributed by atoms with Crippen LogP contribution in [0.3, 0.4) is 0 Å². The van der Waals surface area contributed by atoms with Gasteiger partial charge in [0.25, 0.3) is 0 Å². The lowest BCUT2D eigenvalue weighted by Crippen LogP contribution is -2.20. The van der Waals surface area contributed by atoms with Crippen molar-refractivity contribution in [2.45, 2.75) is 19.2 Å². The van der Waals surface area contributed by atoms with Crippen molar-refractivity contribution < 1.29 is 0 Å². The molecule has 1 nitrogen and oxygen atoms in total. The Bertz CT molecular complexity index is 130. The summed E-state index contributed by atoms with van der Waals surface area (Å²) in [4.78, 5) is 2.21. The van der Waals surface area contributed by atoms with Gasteiger partial charge in [-0.15, -0.1) is 0 Å². The highest BCUT2D eigenvalue weighted by Crippen LogP contribution is 2.08. The van der Waals surface area contributed by atoms with Crippen LogP contribution < -0.4 is 0 Å². The normalized spacial score (nSPS) is 13.8. The summed E-state index contributed by atoms with van der Waals surface area (Å²) in [6.07, 6.45) is 7.14. The Balaban J connectivity index is 3.43. The largest absolute Gasteiger partial charge is 0.350 e. The molecule has 0 spiro atoms. The molecule has 0 saturated heterocycles. The minimum absolute atomic E-state index is 0.737. The van der Waals surface area contributed by atoms with Crippen LogP contribution in [0.5, 0.6) is 0 Å². The summed E-state index contributed by atoms with van der Waals surface area (Å²) in [7, 11) is 5.36. The third-order valence-electron chi connectivity index (χ3n) is 1.49. The summed E-state index contributed by atoms with van der Waals surface area (Å²) in [6.45, 7) is 5.88. The van der Waals surface area contributed by atoms with Crippen molar-refractivity contribution in [2.75, 3.05) is 14.1 Å². The standard InChI is InChI=1S/C9H18BN/c1-5-6-7-8-9(2)10-11(3)4/h5-7,9-10H,1,8H2,2-4H3/b7-6-. The lowest BCUT2D eigenvalue weighted by molar-refractivity contribution is 0.640. The van der Waals surface area contributed by atoms with Crippen LogP contribution in [0.1, 0.15) is 13.3 Å². The second-order valence-corrected chi connectivity index (χ2v) is 3.27. The van der Waals surface area contributed by atoms with Crippen molar-refractivity contribution in [1.29, 1.82) is 0 Å². The van der Waals surface area contributed by atoms with Crippen LogP contribution in [0.2, 0.25) is 5.82 Å². The molecular weight excluding hydrogens is 133 g/mol. The SMILES string of the molecule is C=C/C=C\CC(C)BN(C)C. The highest BCUT2D eigenvalue weighted by atomic mass is 15.0. The van der Waals surface area contributed by atoms with Gasteiger partial charge in [-0.3, -0.25) is 0 Å². The van der Waals surface area contributed by atoms with Crippen LogP contribution in [0.15, 0.2) is 24.8 Å². The molecular formula is C9H18BN.